The molecule has 0 spiro atoms. The zero-order valence-electron chi connectivity index (χ0n) is 16.0. The fraction of sp³-hybridized carbons (Fsp3) is 0.333. The smallest absolute Gasteiger partial charge is 0.313 e. The molecule has 138 valence electrons. The Hall–Kier alpha value is -2.82. The summed E-state index contributed by atoms with van der Waals surface area (Å²) in [5.74, 6) is -0.860. The Bertz CT molecular complexity index is 815. The second-order valence-electron chi connectivity index (χ2n) is 6.37. The van der Waals surface area contributed by atoms with Crippen molar-refractivity contribution in [3.05, 3.63) is 58.7 Å². The third-order valence-electron chi connectivity index (χ3n) is 4.34. The maximum Gasteiger partial charge on any atom is 0.313 e. The summed E-state index contributed by atoms with van der Waals surface area (Å²) in [6, 6.07) is 10.9. The molecule has 1 unspecified atom stereocenters. The lowest BCUT2D eigenvalue weighted by Crippen LogP contribution is -2.37. The van der Waals surface area contributed by atoms with Crippen LogP contribution in [0.2, 0.25) is 0 Å². The van der Waals surface area contributed by atoms with Crippen LogP contribution in [0.25, 0.3) is 0 Å². The van der Waals surface area contributed by atoms with Crippen molar-refractivity contribution in [2.45, 2.75) is 40.7 Å². The second kappa shape index (κ2) is 8.52. The molecule has 0 heterocycles. The van der Waals surface area contributed by atoms with Gasteiger partial charge in [0.25, 0.3) is 0 Å². The monoisotopic (exact) mass is 354 g/mol. The van der Waals surface area contributed by atoms with Gasteiger partial charge in [-0.3, -0.25) is 9.59 Å². The molecular formula is C21H26N2O3. The van der Waals surface area contributed by atoms with Gasteiger partial charge in [0.1, 0.15) is 5.75 Å². The number of aryl methyl sites for hydroxylation is 3. The van der Waals surface area contributed by atoms with Gasteiger partial charge in [-0.25, -0.2) is 0 Å². The molecule has 0 aliphatic carbocycles. The molecule has 0 aromatic heterocycles. The Morgan fingerprint density at radius 2 is 1.65 bits per heavy atom. The van der Waals surface area contributed by atoms with Crippen molar-refractivity contribution in [1.29, 1.82) is 0 Å². The van der Waals surface area contributed by atoms with E-state index < -0.39 is 11.8 Å². The molecule has 2 amide bonds. The van der Waals surface area contributed by atoms with Gasteiger partial charge in [-0.1, -0.05) is 24.3 Å². The number of anilines is 1. The summed E-state index contributed by atoms with van der Waals surface area (Å²) in [5.41, 5.74) is 4.92. The van der Waals surface area contributed by atoms with Crippen LogP contribution in [0.3, 0.4) is 0 Å². The first kappa shape index (κ1) is 19.5. The predicted molar refractivity (Wildman–Crippen MR) is 103 cm³/mol. The summed E-state index contributed by atoms with van der Waals surface area (Å²) in [7, 11) is 0. The number of ether oxygens (including phenoxy) is 1. The third-order valence-corrected chi connectivity index (χ3v) is 4.34. The normalized spacial score (nSPS) is 11.6. The van der Waals surface area contributed by atoms with Gasteiger partial charge in [0.05, 0.1) is 18.3 Å². The van der Waals surface area contributed by atoms with Crippen molar-refractivity contribution >= 4 is 17.5 Å². The maximum absolute atomic E-state index is 12.3. The molecule has 0 aliphatic rings. The van der Waals surface area contributed by atoms with Gasteiger partial charge in [-0.05, 0) is 69.0 Å². The summed E-state index contributed by atoms with van der Waals surface area (Å²) >= 11 is 0. The van der Waals surface area contributed by atoms with E-state index in [4.69, 9.17) is 4.74 Å². The third kappa shape index (κ3) is 4.63. The van der Waals surface area contributed by atoms with E-state index in [2.05, 4.69) is 29.7 Å². The van der Waals surface area contributed by atoms with Crippen LogP contribution in [0, 0.1) is 20.8 Å². The topological polar surface area (TPSA) is 67.4 Å². The molecule has 2 aromatic carbocycles. The molecule has 0 fully saturated rings. The van der Waals surface area contributed by atoms with Gasteiger partial charge in [0.15, 0.2) is 0 Å². The molecule has 0 bridgehead atoms. The molecule has 0 radical (unpaired) electrons. The van der Waals surface area contributed by atoms with Gasteiger partial charge >= 0.3 is 11.8 Å². The minimum atomic E-state index is -0.717. The van der Waals surface area contributed by atoms with Crippen molar-refractivity contribution in [1.82, 2.24) is 5.32 Å². The standard InChI is InChI=1S/C21H26N2O3/c1-6-26-19-10-8-7-9-18(19)23-21(25)20(24)22-16(5)17-12-14(3)13(2)11-15(17)4/h7-12,16H,6H2,1-5H3,(H,22,24)(H,23,25). The Morgan fingerprint density at radius 1 is 1.00 bits per heavy atom. The van der Waals surface area contributed by atoms with Gasteiger partial charge in [-0.2, -0.15) is 0 Å². The predicted octanol–water partition coefficient (Wildman–Crippen LogP) is 3.83. The number of rotatable bonds is 5. The lowest BCUT2D eigenvalue weighted by atomic mass is 9.96. The largest absolute Gasteiger partial charge is 0.492 e. The van der Waals surface area contributed by atoms with E-state index in [9.17, 15) is 9.59 Å². The quantitative estimate of drug-likeness (QED) is 0.802. The van der Waals surface area contributed by atoms with Crippen LogP contribution in [-0.2, 0) is 9.59 Å². The molecule has 2 rings (SSSR count). The van der Waals surface area contributed by atoms with E-state index in [1.165, 1.54) is 5.56 Å². The molecule has 26 heavy (non-hydrogen) atoms. The Morgan fingerprint density at radius 3 is 2.35 bits per heavy atom. The summed E-state index contributed by atoms with van der Waals surface area (Å²) in [4.78, 5) is 24.6. The van der Waals surface area contributed by atoms with Crippen LogP contribution in [0.1, 0.15) is 42.1 Å². The molecule has 2 aromatic rings. The Kier molecular flexibility index (Phi) is 6.39. The summed E-state index contributed by atoms with van der Waals surface area (Å²) in [6.45, 7) is 10.3. The maximum atomic E-state index is 12.3. The number of carbonyl (C=O) groups is 2. The summed E-state index contributed by atoms with van der Waals surface area (Å²) in [6.07, 6.45) is 0. The number of hydrogen-bond acceptors (Lipinski definition) is 3. The Balaban J connectivity index is 2.08. The van der Waals surface area contributed by atoms with E-state index in [1.54, 1.807) is 18.2 Å². The van der Waals surface area contributed by atoms with Crippen LogP contribution < -0.4 is 15.4 Å². The average molecular weight is 354 g/mol. The fourth-order valence-corrected chi connectivity index (χ4v) is 2.82. The molecule has 0 saturated carbocycles. The number of nitrogens with one attached hydrogen (secondary N) is 2. The first-order chi connectivity index (χ1) is 12.3. The average Bonchev–Trinajstić information content (AvgIpc) is 2.59. The lowest BCUT2D eigenvalue weighted by molar-refractivity contribution is -0.136. The highest BCUT2D eigenvalue weighted by Crippen LogP contribution is 2.24. The lowest BCUT2D eigenvalue weighted by Gasteiger charge is -2.18. The van der Waals surface area contributed by atoms with Crippen LogP contribution in [0.15, 0.2) is 36.4 Å². The van der Waals surface area contributed by atoms with Crippen molar-refractivity contribution in [2.75, 3.05) is 11.9 Å². The first-order valence-corrected chi connectivity index (χ1v) is 8.74. The van der Waals surface area contributed by atoms with Gasteiger partial charge in [-0.15, -0.1) is 0 Å². The van der Waals surface area contributed by atoms with Gasteiger partial charge in [0, 0.05) is 0 Å². The van der Waals surface area contributed by atoms with Crippen LogP contribution in [0.5, 0.6) is 5.75 Å². The second-order valence-corrected chi connectivity index (χ2v) is 6.37. The van der Waals surface area contributed by atoms with Crippen molar-refractivity contribution in [3.8, 4) is 5.75 Å². The van der Waals surface area contributed by atoms with Gasteiger partial charge < -0.3 is 15.4 Å². The van der Waals surface area contributed by atoms with E-state index in [1.807, 2.05) is 33.8 Å². The van der Waals surface area contributed by atoms with Crippen LogP contribution >= 0.6 is 0 Å². The zero-order valence-corrected chi connectivity index (χ0v) is 16.0. The number of carbonyl (C=O) groups excluding carboxylic acids is 2. The highest BCUT2D eigenvalue weighted by Gasteiger charge is 2.19. The van der Waals surface area contributed by atoms with E-state index in [0.29, 0.717) is 18.0 Å². The summed E-state index contributed by atoms with van der Waals surface area (Å²) < 4.78 is 5.46. The molecule has 2 N–H and O–H groups in total. The van der Waals surface area contributed by atoms with Crippen molar-refractivity contribution in [2.24, 2.45) is 0 Å². The molecule has 1 atom stereocenters. The first-order valence-electron chi connectivity index (χ1n) is 8.74. The van der Waals surface area contributed by atoms with E-state index >= 15 is 0 Å². The van der Waals surface area contributed by atoms with Gasteiger partial charge in [0.2, 0.25) is 0 Å². The number of hydrogen-bond donors (Lipinski definition) is 2. The fourth-order valence-electron chi connectivity index (χ4n) is 2.82. The van der Waals surface area contributed by atoms with E-state index in [0.717, 1.165) is 16.7 Å². The molecular weight excluding hydrogens is 328 g/mol. The number of benzene rings is 2. The van der Waals surface area contributed by atoms with Crippen LogP contribution in [-0.4, -0.2) is 18.4 Å². The minimum Gasteiger partial charge on any atom is -0.492 e. The van der Waals surface area contributed by atoms with E-state index in [-0.39, 0.29) is 6.04 Å². The Labute approximate surface area is 154 Å². The number of amides is 2. The highest BCUT2D eigenvalue weighted by atomic mass is 16.5. The molecule has 5 heteroatoms. The molecule has 0 saturated heterocycles. The minimum absolute atomic E-state index is 0.269. The zero-order chi connectivity index (χ0) is 19.3. The number of para-hydroxylation sites is 2. The highest BCUT2D eigenvalue weighted by molar-refractivity contribution is 6.39. The van der Waals surface area contributed by atoms with Crippen molar-refractivity contribution < 1.29 is 14.3 Å². The molecule has 5 nitrogen and oxygen atoms in total. The van der Waals surface area contributed by atoms with Crippen LogP contribution in [0.4, 0.5) is 5.69 Å². The van der Waals surface area contributed by atoms with Crippen molar-refractivity contribution in [3.63, 3.8) is 0 Å². The molecule has 0 aliphatic heterocycles. The SMILES string of the molecule is CCOc1ccccc1NC(=O)C(=O)NC(C)c1cc(C)c(C)cc1C. The summed E-state index contributed by atoms with van der Waals surface area (Å²) in [5, 5.41) is 5.37.